The number of benzene rings is 2. The molecule has 0 aliphatic rings. The molecular weight excluding hydrogens is 494 g/mol. The van der Waals surface area contributed by atoms with E-state index in [-0.39, 0.29) is 26.9 Å². The van der Waals surface area contributed by atoms with Crippen LogP contribution in [0.5, 0.6) is 5.75 Å². The van der Waals surface area contributed by atoms with Gasteiger partial charge in [-0.25, -0.2) is 9.48 Å². The Kier molecular flexibility index (Phi) is 6.30. The molecule has 0 spiro atoms. The summed E-state index contributed by atoms with van der Waals surface area (Å²) >= 11 is 21.6. The van der Waals surface area contributed by atoms with Crippen molar-refractivity contribution in [1.29, 1.82) is 0 Å². The molecule has 0 amide bonds. The van der Waals surface area contributed by atoms with Gasteiger partial charge in [0.2, 0.25) is 0 Å². The van der Waals surface area contributed by atoms with Gasteiger partial charge in [0.05, 0.1) is 27.4 Å². The number of halogens is 4. The average Bonchev–Trinajstić information content (AvgIpc) is 3.08. The lowest BCUT2D eigenvalue weighted by molar-refractivity contribution is -0.139. The molecule has 3 rings (SSSR count). The topological polar surface area (TPSA) is 81.4 Å². The van der Waals surface area contributed by atoms with Crippen molar-refractivity contribution in [2.45, 2.75) is 0 Å². The van der Waals surface area contributed by atoms with E-state index in [2.05, 4.69) is 21.0 Å². The summed E-state index contributed by atoms with van der Waals surface area (Å²) in [4.78, 5) is 23.7. The smallest absolute Gasteiger partial charge is 0.341 e. The summed E-state index contributed by atoms with van der Waals surface area (Å²) in [6.45, 7) is -0.572. The number of carbonyl (C=O) groups excluding carboxylic acids is 1. The Hall–Kier alpha value is -2.06. The molecule has 0 fully saturated rings. The number of rotatable bonds is 6. The first-order valence-electron chi connectivity index (χ1n) is 7.64. The van der Waals surface area contributed by atoms with E-state index in [1.807, 2.05) is 0 Å². The highest BCUT2D eigenvalue weighted by atomic mass is 79.9. The van der Waals surface area contributed by atoms with Gasteiger partial charge in [-0.2, -0.15) is 5.10 Å². The highest BCUT2D eigenvalue weighted by Gasteiger charge is 2.19. The number of aliphatic carboxylic acids is 1. The second kappa shape index (κ2) is 8.53. The lowest BCUT2D eigenvalue weighted by Crippen LogP contribution is -2.12. The Morgan fingerprint density at radius 3 is 2.46 bits per heavy atom. The van der Waals surface area contributed by atoms with Crippen molar-refractivity contribution < 1.29 is 19.4 Å². The average molecular weight is 505 g/mol. The van der Waals surface area contributed by atoms with Crippen molar-refractivity contribution in [1.82, 2.24) is 9.78 Å². The summed E-state index contributed by atoms with van der Waals surface area (Å²) in [5, 5.41) is 13.9. The monoisotopic (exact) mass is 502 g/mol. The minimum Gasteiger partial charge on any atom is -0.481 e. The van der Waals surface area contributed by atoms with Crippen LogP contribution in [-0.2, 0) is 4.79 Å². The highest BCUT2D eigenvalue weighted by molar-refractivity contribution is 9.10. The van der Waals surface area contributed by atoms with Crippen LogP contribution < -0.4 is 4.74 Å². The molecule has 0 saturated heterocycles. The van der Waals surface area contributed by atoms with Crippen molar-refractivity contribution in [3.63, 3.8) is 0 Å². The van der Waals surface area contributed by atoms with E-state index >= 15 is 0 Å². The molecule has 3 aromatic rings. The number of carboxylic acids is 1. The predicted molar refractivity (Wildman–Crippen MR) is 109 cm³/mol. The third kappa shape index (κ3) is 4.50. The van der Waals surface area contributed by atoms with E-state index in [9.17, 15) is 9.59 Å². The lowest BCUT2D eigenvalue weighted by atomic mass is 10.1. The Morgan fingerprint density at radius 1 is 1.14 bits per heavy atom. The van der Waals surface area contributed by atoms with Gasteiger partial charge in [-0.15, -0.1) is 0 Å². The fourth-order valence-corrected chi connectivity index (χ4v) is 3.77. The first-order chi connectivity index (χ1) is 13.3. The van der Waals surface area contributed by atoms with Crippen molar-refractivity contribution in [3.8, 4) is 11.4 Å². The minimum absolute atomic E-state index is 0.144. The zero-order valence-corrected chi connectivity index (χ0v) is 17.7. The number of carboxylic acid groups (broad SMARTS) is 1. The number of nitrogens with zero attached hydrogens (tertiary/aromatic N) is 2. The molecular formula is C18H10BrCl3N2O4. The molecule has 1 N–H and O–H groups in total. The van der Waals surface area contributed by atoms with Gasteiger partial charge >= 0.3 is 5.97 Å². The summed E-state index contributed by atoms with van der Waals surface area (Å²) in [5.41, 5.74) is 0.798. The molecule has 0 aliphatic carbocycles. The molecule has 2 aromatic carbocycles. The molecule has 0 radical (unpaired) electrons. The van der Waals surface area contributed by atoms with Gasteiger partial charge in [-0.05, 0) is 30.3 Å². The van der Waals surface area contributed by atoms with Gasteiger partial charge in [0, 0.05) is 15.7 Å². The van der Waals surface area contributed by atoms with E-state index in [4.69, 9.17) is 44.6 Å². The number of ketones is 1. The molecule has 0 bridgehead atoms. The van der Waals surface area contributed by atoms with Crippen molar-refractivity contribution in [2.24, 2.45) is 0 Å². The third-order valence-electron chi connectivity index (χ3n) is 3.59. The fraction of sp³-hybridized carbons (Fsp3) is 0.0556. The zero-order valence-electron chi connectivity index (χ0n) is 13.8. The summed E-state index contributed by atoms with van der Waals surface area (Å²) in [6, 6.07) is 7.72. The standard InChI is InChI=1S/C18H10BrCl3N2O4/c19-10-1-2-15(28-8-16(25)26)12(3-10)18(27)9-6-23-24(7-9)17-13(21)4-11(20)5-14(17)22/h1-7H,8H2,(H,25,26). The molecule has 0 atom stereocenters. The zero-order chi connectivity index (χ0) is 20.4. The van der Waals surface area contributed by atoms with Gasteiger partial charge in [0.15, 0.2) is 12.4 Å². The van der Waals surface area contributed by atoms with E-state index < -0.39 is 18.4 Å². The molecule has 144 valence electrons. The largest absolute Gasteiger partial charge is 0.481 e. The van der Waals surface area contributed by atoms with Crippen molar-refractivity contribution in [2.75, 3.05) is 6.61 Å². The van der Waals surface area contributed by atoms with Gasteiger partial charge in [0.1, 0.15) is 11.4 Å². The summed E-state index contributed by atoms with van der Waals surface area (Å²) in [7, 11) is 0. The molecule has 1 aromatic heterocycles. The number of aromatic nitrogens is 2. The predicted octanol–water partition coefficient (Wildman–Crippen LogP) is 5.29. The number of ether oxygens (including phenoxy) is 1. The van der Waals surface area contributed by atoms with Gasteiger partial charge in [-0.3, -0.25) is 4.79 Å². The maximum absolute atomic E-state index is 12.9. The van der Waals surface area contributed by atoms with Crippen LogP contribution in [0.4, 0.5) is 0 Å². The molecule has 28 heavy (non-hydrogen) atoms. The number of hydrogen-bond donors (Lipinski definition) is 1. The Balaban J connectivity index is 1.98. The molecule has 1 heterocycles. The first-order valence-corrected chi connectivity index (χ1v) is 9.57. The number of carbonyl (C=O) groups is 2. The van der Waals surface area contributed by atoms with Crippen LogP contribution in [0.15, 0.2) is 47.2 Å². The molecule has 10 heteroatoms. The van der Waals surface area contributed by atoms with E-state index in [0.29, 0.717) is 15.2 Å². The maximum atomic E-state index is 12.9. The van der Waals surface area contributed by atoms with Crippen LogP contribution in [0.1, 0.15) is 15.9 Å². The highest BCUT2D eigenvalue weighted by Crippen LogP contribution is 2.32. The van der Waals surface area contributed by atoms with Crippen LogP contribution in [0.25, 0.3) is 5.69 Å². The second-order valence-electron chi connectivity index (χ2n) is 5.54. The first kappa shape index (κ1) is 20.7. The molecule has 0 unspecified atom stereocenters. The number of hydrogen-bond acceptors (Lipinski definition) is 4. The van der Waals surface area contributed by atoms with Crippen LogP contribution in [-0.4, -0.2) is 33.2 Å². The minimum atomic E-state index is -1.15. The van der Waals surface area contributed by atoms with Crippen molar-refractivity contribution >= 4 is 62.5 Å². The van der Waals surface area contributed by atoms with Crippen LogP contribution in [0.3, 0.4) is 0 Å². The van der Waals surface area contributed by atoms with Gasteiger partial charge < -0.3 is 9.84 Å². The normalized spacial score (nSPS) is 10.7. The van der Waals surface area contributed by atoms with Gasteiger partial charge in [-0.1, -0.05) is 50.7 Å². The molecule has 6 nitrogen and oxygen atoms in total. The third-order valence-corrected chi connectivity index (χ3v) is 4.88. The SMILES string of the molecule is O=C(O)COc1ccc(Br)cc1C(=O)c1cnn(-c2c(Cl)cc(Cl)cc2Cl)c1. The van der Waals surface area contributed by atoms with Crippen LogP contribution in [0.2, 0.25) is 15.1 Å². The maximum Gasteiger partial charge on any atom is 0.341 e. The lowest BCUT2D eigenvalue weighted by Gasteiger charge is -2.09. The quantitative estimate of drug-likeness (QED) is 0.462. The van der Waals surface area contributed by atoms with Gasteiger partial charge in [0.25, 0.3) is 0 Å². The van der Waals surface area contributed by atoms with Crippen LogP contribution in [0, 0.1) is 0 Å². The summed E-state index contributed by atoms with van der Waals surface area (Å²) in [6.07, 6.45) is 2.82. The summed E-state index contributed by atoms with van der Waals surface area (Å²) in [5.74, 6) is -1.42. The van der Waals surface area contributed by atoms with E-state index in [1.165, 1.54) is 35.3 Å². The Labute approximate surface area is 182 Å². The van der Waals surface area contributed by atoms with E-state index in [0.717, 1.165) is 0 Å². The van der Waals surface area contributed by atoms with Crippen molar-refractivity contribution in [3.05, 3.63) is 73.4 Å². The van der Waals surface area contributed by atoms with E-state index in [1.54, 1.807) is 12.1 Å². The Morgan fingerprint density at radius 2 is 1.82 bits per heavy atom. The molecule has 0 aliphatic heterocycles. The van der Waals surface area contributed by atoms with Crippen LogP contribution >= 0.6 is 50.7 Å². The molecule has 0 saturated carbocycles. The second-order valence-corrected chi connectivity index (χ2v) is 7.71. The summed E-state index contributed by atoms with van der Waals surface area (Å²) < 4.78 is 7.21. The fourth-order valence-electron chi connectivity index (χ4n) is 2.42. The Bertz CT molecular complexity index is 1060.